The van der Waals surface area contributed by atoms with Crippen LogP contribution in [0.5, 0.6) is 0 Å². The molecule has 2 amide bonds. The number of fused-ring (bicyclic) bond motifs is 3. The van der Waals surface area contributed by atoms with Crippen LogP contribution in [0.1, 0.15) is 30.1 Å². The normalized spacial score (nSPS) is 35.3. The molecule has 3 fully saturated rings. The minimum Gasteiger partial charge on any atom is -0.295 e. The van der Waals surface area contributed by atoms with Crippen molar-refractivity contribution in [1.29, 1.82) is 0 Å². The Morgan fingerprint density at radius 1 is 1.00 bits per heavy atom. The molecule has 0 aromatic heterocycles. The lowest BCUT2D eigenvalue weighted by atomic mass is 9.85. The van der Waals surface area contributed by atoms with Crippen LogP contribution in [-0.4, -0.2) is 17.6 Å². The Hall–Kier alpha value is -2.23. The first-order valence-electron chi connectivity index (χ1n) is 8.22. The maximum absolute atomic E-state index is 12.9. The maximum Gasteiger partial charge on any atom is 0.238 e. The zero-order valence-corrected chi connectivity index (χ0v) is 12.9. The van der Waals surface area contributed by atoms with Gasteiger partial charge in [0.2, 0.25) is 11.8 Å². The Bertz CT molecular complexity index is 753. The van der Waals surface area contributed by atoms with E-state index in [1.807, 2.05) is 0 Å². The Kier molecular flexibility index (Phi) is 2.30. The van der Waals surface area contributed by atoms with Gasteiger partial charge in [-0.15, -0.1) is 0 Å². The number of allylic oxidation sites excluding steroid dienone is 2. The molecule has 4 nitrogen and oxygen atoms in total. The van der Waals surface area contributed by atoms with E-state index in [0.717, 1.165) is 12.8 Å². The first-order valence-corrected chi connectivity index (χ1v) is 8.22. The molecule has 3 aliphatic carbocycles. The summed E-state index contributed by atoms with van der Waals surface area (Å²) in [6, 6.07) is 6.77. The molecule has 23 heavy (non-hydrogen) atoms. The summed E-state index contributed by atoms with van der Waals surface area (Å²) in [7, 11) is 0. The van der Waals surface area contributed by atoms with E-state index >= 15 is 0 Å². The highest BCUT2D eigenvalue weighted by molar-refractivity contribution is 6.23. The third kappa shape index (κ3) is 1.44. The number of Topliss-reactive ketones (excluding diaryl/α,β-unsaturated/α-hetero) is 1. The van der Waals surface area contributed by atoms with Gasteiger partial charge in [-0.3, -0.25) is 19.3 Å². The van der Waals surface area contributed by atoms with E-state index in [4.69, 9.17) is 0 Å². The van der Waals surface area contributed by atoms with Gasteiger partial charge in [0, 0.05) is 5.56 Å². The van der Waals surface area contributed by atoms with Crippen LogP contribution in [0.25, 0.3) is 0 Å². The fourth-order valence-electron chi connectivity index (χ4n) is 5.18. The molecule has 0 N–H and O–H groups in total. The van der Waals surface area contributed by atoms with Crippen molar-refractivity contribution in [2.45, 2.75) is 19.8 Å². The van der Waals surface area contributed by atoms with E-state index in [1.54, 1.807) is 24.3 Å². The summed E-state index contributed by atoms with van der Waals surface area (Å²) in [4.78, 5) is 38.6. The Labute approximate surface area is 134 Å². The number of carbonyl (C=O) groups is 3. The molecule has 0 unspecified atom stereocenters. The number of benzene rings is 1. The average molecular weight is 307 g/mol. The number of ketones is 1. The standard InChI is InChI=1S/C19H17NO3/c1-10(21)11-2-4-12(5-3-11)20-17(22)15-13-6-7-14(16(15)18(20)23)19(13)8-9-19/h2-7,13-16H,8-9H2,1H3/t13-,14-,15-,16-/m0/s1. The predicted octanol–water partition coefficient (Wildman–Crippen LogP) is 2.59. The number of amides is 2. The maximum atomic E-state index is 12.9. The summed E-state index contributed by atoms with van der Waals surface area (Å²) in [6.07, 6.45) is 6.64. The average Bonchev–Trinajstić information content (AvgIpc) is 3.13. The molecular formula is C19H17NO3. The zero-order chi connectivity index (χ0) is 15.9. The third-order valence-corrected chi connectivity index (χ3v) is 6.38. The van der Waals surface area contributed by atoms with Crippen LogP contribution in [0.15, 0.2) is 36.4 Å². The predicted molar refractivity (Wildman–Crippen MR) is 83.7 cm³/mol. The highest BCUT2D eigenvalue weighted by Crippen LogP contribution is 2.73. The van der Waals surface area contributed by atoms with Gasteiger partial charge in [0.1, 0.15) is 0 Å². The second-order valence-corrected chi connectivity index (χ2v) is 7.34. The van der Waals surface area contributed by atoms with Crippen molar-refractivity contribution in [2.24, 2.45) is 29.1 Å². The second-order valence-electron chi connectivity index (χ2n) is 7.34. The van der Waals surface area contributed by atoms with Crippen LogP contribution in [0.4, 0.5) is 5.69 Å². The van der Waals surface area contributed by atoms with E-state index in [2.05, 4.69) is 12.2 Å². The van der Waals surface area contributed by atoms with Gasteiger partial charge in [-0.25, -0.2) is 0 Å². The summed E-state index contributed by atoms with van der Waals surface area (Å²) in [5.74, 6) is 0.00802. The topological polar surface area (TPSA) is 54.5 Å². The van der Waals surface area contributed by atoms with Gasteiger partial charge in [-0.2, -0.15) is 0 Å². The lowest BCUT2D eigenvalue weighted by Crippen LogP contribution is -2.34. The van der Waals surface area contributed by atoms with Gasteiger partial charge < -0.3 is 0 Å². The third-order valence-electron chi connectivity index (χ3n) is 6.38. The van der Waals surface area contributed by atoms with Gasteiger partial charge in [0.15, 0.2) is 5.78 Å². The summed E-state index contributed by atoms with van der Waals surface area (Å²) < 4.78 is 0. The first kappa shape index (κ1) is 13.2. The van der Waals surface area contributed by atoms with E-state index in [0.29, 0.717) is 11.3 Å². The van der Waals surface area contributed by atoms with Gasteiger partial charge in [-0.05, 0) is 61.3 Å². The lowest BCUT2D eigenvalue weighted by Gasteiger charge is -2.21. The lowest BCUT2D eigenvalue weighted by molar-refractivity contribution is -0.123. The highest BCUT2D eigenvalue weighted by Gasteiger charge is 2.73. The van der Waals surface area contributed by atoms with E-state index < -0.39 is 0 Å². The largest absolute Gasteiger partial charge is 0.295 e. The Balaban J connectivity index is 1.52. The van der Waals surface area contributed by atoms with Gasteiger partial charge in [-0.1, -0.05) is 12.2 Å². The molecule has 4 aliphatic rings. The molecule has 1 saturated heterocycles. The molecule has 1 spiro atoms. The van der Waals surface area contributed by atoms with Gasteiger partial charge in [0.25, 0.3) is 0 Å². The van der Waals surface area contributed by atoms with Crippen molar-refractivity contribution in [2.75, 3.05) is 4.90 Å². The van der Waals surface area contributed by atoms with Crippen LogP contribution in [-0.2, 0) is 9.59 Å². The van der Waals surface area contributed by atoms with Crippen molar-refractivity contribution >= 4 is 23.3 Å². The van der Waals surface area contributed by atoms with Crippen LogP contribution in [0, 0.1) is 29.1 Å². The van der Waals surface area contributed by atoms with Crippen LogP contribution >= 0.6 is 0 Å². The monoisotopic (exact) mass is 307 g/mol. The number of hydrogen-bond acceptors (Lipinski definition) is 3. The van der Waals surface area contributed by atoms with Crippen molar-refractivity contribution in [3.8, 4) is 0 Å². The molecule has 116 valence electrons. The molecule has 1 aliphatic heterocycles. The molecule has 0 radical (unpaired) electrons. The van der Waals surface area contributed by atoms with E-state index in [-0.39, 0.29) is 46.7 Å². The minimum atomic E-state index is -0.174. The molecule has 4 heteroatoms. The minimum absolute atomic E-state index is 0.0228. The fourth-order valence-corrected chi connectivity index (χ4v) is 5.18. The number of hydrogen-bond donors (Lipinski definition) is 0. The summed E-state index contributed by atoms with van der Waals surface area (Å²) in [6.45, 7) is 1.50. The molecule has 4 atom stereocenters. The van der Waals surface area contributed by atoms with Crippen molar-refractivity contribution in [1.82, 2.24) is 0 Å². The summed E-state index contributed by atoms with van der Waals surface area (Å²) in [5.41, 5.74) is 1.40. The number of nitrogens with zero attached hydrogens (tertiary/aromatic N) is 1. The molecule has 1 aromatic rings. The molecule has 1 heterocycles. The van der Waals surface area contributed by atoms with Gasteiger partial charge in [0.05, 0.1) is 17.5 Å². The van der Waals surface area contributed by atoms with Crippen molar-refractivity contribution in [3.05, 3.63) is 42.0 Å². The van der Waals surface area contributed by atoms with Crippen molar-refractivity contribution in [3.63, 3.8) is 0 Å². The van der Waals surface area contributed by atoms with Crippen molar-refractivity contribution < 1.29 is 14.4 Å². The summed E-state index contributed by atoms with van der Waals surface area (Å²) in [5, 5.41) is 0. The van der Waals surface area contributed by atoms with Gasteiger partial charge >= 0.3 is 0 Å². The van der Waals surface area contributed by atoms with Crippen LogP contribution < -0.4 is 4.90 Å². The quantitative estimate of drug-likeness (QED) is 0.479. The molecular weight excluding hydrogens is 290 g/mol. The number of imide groups is 1. The molecule has 2 saturated carbocycles. The fraction of sp³-hybridized carbons (Fsp3) is 0.421. The highest BCUT2D eigenvalue weighted by atomic mass is 16.2. The van der Waals surface area contributed by atoms with Crippen LogP contribution in [0.3, 0.4) is 0 Å². The molecule has 2 bridgehead atoms. The van der Waals surface area contributed by atoms with E-state index in [1.165, 1.54) is 11.8 Å². The number of anilines is 1. The smallest absolute Gasteiger partial charge is 0.238 e. The Morgan fingerprint density at radius 3 is 1.96 bits per heavy atom. The summed E-state index contributed by atoms with van der Waals surface area (Å²) >= 11 is 0. The van der Waals surface area contributed by atoms with Crippen LogP contribution in [0.2, 0.25) is 0 Å². The molecule has 1 aromatic carbocycles. The number of carbonyl (C=O) groups excluding carboxylic acids is 3. The first-order chi connectivity index (χ1) is 11.0. The zero-order valence-electron chi connectivity index (χ0n) is 12.9. The SMILES string of the molecule is CC(=O)c1ccc(N2C(=O)[C@@H]3[C@@H](C2=O)[C@@H]2C=C[C@@H]3C23CC3)cc1. The number of rotatable bonds is 2. The molecule has 5 rings (SSSR count). The van der Waals surface area contributed by atoms with E-state index in [9.17, 15) is 14.4 Å². The second kappa shape index (κ2) is 3.99. The Morgan fingerprint density at radius 2 is 1.52 bits per heavy atom.